The Morgan fingerprint density at radius 3 is 2.71 bits per heavy atom. The number of para-hydroxylation sites is 2. The lowest BCUT2D eigenvalue weighted by molar-refractivity contribution is -0.127. The van der Waals surface area contributed by atoms with Gasteiger partial charge < -0.3 is 23.8 Å². The Hall–Kier alpha value is -3.15. The van der Waals surface area contributed by atoms with E-state index < -0.39 is 0 Å². The average Bonchev–Trinajstić information content (AvgIpc) is 3.19. The first-order valence-corrected chi connectivity index (χ1v) is 9.48. The molecule has 2 heterocycles. The fraction of sp³-hybridized carbons (Fsp3) is 0.318. The summed E-state index contributed by atoms with van der Waals surface area (Å²) in [6.45, 7) is 3.85. The zero-order valence-electron chi connectivity index (χ0n) is 15.8. The largest absolute Gasteiger partial charge is 0.486 e. The minimum absolute atomic E-state index is 0.0537. The molecule has 2 aromatic carbocycles. The number of carbonyl (C=O) groups excluding carboxylic acids is 1. The van der Waals surface area contributed by atoms with Crippen molar-refractivity contribution in [2.45, 2.75) is 19.4 Å². The number of carbonyl (C=O) groups is 1. The number of rotatable bonds is 6. The summed E-state index contributed by atoms with van der Waals surface area (Å²) in [6, 6.07) is 13.2. The van der Waals surface area contributed by atoms with Gasteiger partial charge in [0.15, 0.2) is 29.1 Å². The van der Waals surface area contributed by atoms with Gasteiger partial charge in [0.2, 0.25) is 12.7 Å². The maximum atomic E-state index is 12.7. The molecule has 0 bridgehead atoms. The molecule has 0 aromatic heterocycles. The highest BCUT2D eigenvalue weighted by Crippen LogP contribution is 2.33. The van der Waals surface area contributed by atoms with Gasteiger partial charge in [0, 0.05) is 12.6 Å². The van der Waals surface area contributed by atoms with Crippen molar-refractivity contribution in [3.63, 3.8) is 0 Å². The Balaban J connectivity index is 1.40. The van der Waals surface area contributed by atoms with Crippen LogP contribution in [0, 0.1) is 0 Å². The summed E-state index contributed by atoms with van der Waals surface area (Å²) in [7, 11) is 0. The van der Waals surface area contributed by atoms with Crippen molar-refractivity contribution in [2.75, 3.05) is 26.5 Å². The summed E-state index contributed by atoms with van der Waals surface area (Å²) >= 11 is 0. The molecular weight excluding hydrogens is 358 g/mol. The lowest BCUT2D eigenvalue weighted by atomic mass is 10.2. The molecule has 2 aliphatic rings. The topological polar surface area (TPSA) is 57.2 Å². The second-order valence-electron chi connectivity index (χ2n) is 6.73. The van der Waals surface area contributed by atoms with Crippen LogP contribution >= 0.6 is 0 Å². The van der Waals surface area contributed by atoms with E-state index in [1.807, 2.05) is 42.5 Å². The van der Waals surface area contributed by atoms with Gasteiger partial charge in [-0.3, -0.25) is 4.79 Å². The van der Waals surface area contributed by atoms with Gasteiger partial charge in [0.1, 0.15) is 6.61 Å². The minimum Gasteiger partial charge on any atom is -0.486 e. The minimum atomic E-state index is -0.190. The van der Waals surface area contributed by atoms with E-state index in [1.165, 1.54) is 0 Å². The zero-order valence-corrected chi connectivity index (χ0v) is 15.8. The van der Waals surface area contributed by atoms with Gasteiger partial charge in [-0.05, 0) is 42.3 Å². The third kappa shape index (κ3) is 4.06. The Morgan fingerprint density at radius 2 is 1.86 bits per heavy atom. The number of benzene rings is 2. The number of amides is 1. The second-order valence-corrected chi connectivity index (χ2v) is 6.73. The van der Waals surface area contributed by atoms with Gasteiger partial charge >= 0.3 is 0 Å². The van der Waals surface area contributed by atoms with E-state index in [0.717, 1.165) is 29.2 Å². The van der Waals surface area contributed by atoms with Gasteiger partial charge in [0.25, 0.3) is 0 Å². The SMILES string of the molecule is CCCN(CC1COc2ccccc2O1)C(=O)/C=C/c1ccc2c(c1)OCO2. The third-order valence-corrected chi connectivity index (χ3v) is 4.61. The fourth-order valence-corrected chi connectivity index (χ4v) is 3.25. The third-order valence-electron chi connectivity index (χ3n) is 4.61. The number of fused-ring (bicyclic) bond motifs is 2. The number of hydrogen-bond donors (Lipinski definition) is 0. The Morgan fingerprint density at radius 1 is 1.07 bits per heavy atom. The van der Waals surface area contributed by atoms with Crippen LogP contribution in [0.1, 0.15) is 18.9 Å². The summed E-state index contributed by atoms with van der Waals surface area (Å²) < 4.78 is 22.4. The second kappa shape index (κ2) is 8.25. The van der Waals surface area contributed by atoms with Crippen molar-refractivity contribution in [3.8, 4) is 23.0 Å². The molecule has 0 fully saturated rings. The van der Waals surface area contributed by atoms with Crippen LogP contribution in [0.15, 0.2) is 48.5 Å². The molecule has 0 saturated carbocycles. The smallest absolute Gasteiger partial charge is 0.246 e. The Kier molecular flexibility index (Phi) is 5.37. The number of ether oxygens (including phenoxy) is 4. The molecule has 2 aromatic rings. The van der Waals surface area contributed by atoms with Gasteiger partial charge in [-0.1, -0.05) is 25.1 Å². The molecule has 0 spiro atoms. The molecule has 0 radical (unpaired) electrons. The highest BCUT2D eigenvalue weighted by molar-refractivity contribution is 5.92. The van der Waals surface area contributed by atoms with Crippen molar-refractivity contribution < 1.29 is 23.7 Å². The molecule has 6 nitrogen and oxygen atoms in total. The quantitative estimate of drug-likeness (QED) is 0.717. The molecule has 146 valence electrons. The van der Waals surface area contributed by atoms with E-state index in [9.17, 15) is 4.79 Å². The van der Waals surface area contributed by atoms with Crippen LogP contribution in [-0.2, 0) is 4.79 Å². The van der Waals surface area contributed by atoms with Gasteiger partial charge in [-0.25, -0.2) is 0 Å². The van der Waals surface area contributed by atoms with Crippen LogP contribution in [0.5, 0.6) is 23.0 Å². The van der Waals surface area contributed by atoms with Gasteiger partial charge in [-0.2, -0.15) is 0 Å². The number of hydrogen-bond acceptors (Lipinski definition) is 5. The maximum absolute atomic E-state index is 12.7. The van der Waals surface area contributed by atoms with Crippen molar-refractivity contribution in [1.29, 1.82) is 0 Å². The lowest BCUT2D eigenvalue weighted by Gasteiger charge is -2.30. The molecule has 1 unspecified atom stereocenters. The molecule has 1 atom stereocenters. The van der Waals surface area contributed by atoms with Crippen LogP contribution in [0.3, 0.4) is 0 Å². The van der Waals surface area contributed by atoms with E-state index in [-0.39, 0.29) is 18.8 Å². The van der Waals surface area contributed by atoms with Crippen LogP contribution in [0.25, 0.3) is 6.08 Å². The summed E-state index contributed by atoms with van der Waals surface area (Å²) in [4.78, 5) is 14.5. The van der Waals surface area contributed by atoms with Crippen molar-refractivity contribution in [1.82, 2.24) is 4.90 Å². The Bertz CT molecular complexity index is 879. The highest BCUT2D eigenvalue weighted by Gasteiger charge is 2.24. The lowest BCUT2D eigenvalue weighted by Crippen LogP contribution is -2.43. The fourth-order valence-electron chi connectivity index (χ4n) is 3.25. The van der Waals surface area contributed by atoms with Crippen molar-refractivity contribution in [3.05, 3.63) is 54.1 Å². The first-order valence-electron chi connectivity index (χ1n) is 9.48. The zero-order chi connectivity index (χ0) is 19.3. The molecule has 2 aliphatic heterocycles. The standard InChI is InChI=1S/C22H23NO5/c1-2-11-23(13-17-14-25-18-5-3-4-6-20(18)28-17)22(24)10-8-16-7-9-19-21(12-16)27-15-26-19/h3-10,12,17H,2,11,13-15H2,1H3/b10-8+. The molecule has 1 amide bonds. The van der Waals surface area contributed by atoms with E-state index in [2.05, 4.69) is 6.92 Å². The average molecular weight is 381 g/mol. The predicted octanol–water partition coefficient (Wildman–Crippen LogP) is 3.51. The number of nitrogens with zero attached hydrogens (tertiary/aromatic N) is 1. The van der Waals surface area contributed by atoms with Crippen LogP contribution in [0.2, 0.25) is 0 Å². The predicted molar refractivity (Wildman–Crippen MR) is 105 cm³/mol. The summed E-state index contributed by atoms with van der Waals surface area (Å²) in [6.07, 6.45) is 4.06. The van der Waals surface area contributed by atoms with E-state index in [1.54, 1.807) is 17.1 Å². The Labute approximate surface area is 164 Å². The molecule has 0 N–H and O–H groups in total. The van der Waals surface area contributed by atoms with Gasteiger partial charge in [0.05, 0.1) is 6.54 Å². The maximum Gasteiger partial charge on any atom is 0.246 e. The summed E-state index contributed by atoms with van der Waals surface area (Å²) in [5.74, 6) is 2.84. The van der Waals surface area contributed by atoms with Crippen molar-refractivity contribution in [2.24, 2.45) is 0 Å². The molecule has 28 heavy (non-hydrogen) atoms. The molecular formula is C22H23NO5. The van der Waals surface area contributed by atoms with Crippen LogP contribution < -0.4 is 18.9 Å². The van der Waals surface area contributed by atoms with E-state index in [4.69, 9.17) is 18.9 Å². The summed E-state index contributed by atoms with van der Waals surface area (Å²) in [5.41, 5.74) is 0.889. The normalized spacial score (nSPS) is 17.0. The first kappa shape index (κ1) is 18.2. The molecule has 0 aliphatic carbocycles. The molecule has 0 saturated heterocycles. The monoisotopic (exact) mass is 381 g/mol. The van der Waals surface area contributed by atoms with Crippen molar-refractivity contribution >= 4 is 12.0 Å². The van der Waals surface area contributed by atoms with Gasteiger partial charge in [-0.15, -0.1) is 0 Å². The van der Waals surface area contributed by atoms with Crippen LogP contribution in [0.4, 0.5) is 0 Å². The molecule has 4 rings (SSSR count). The highest BCUT2D eigenvalue weighted by atomic mass is 16.7. The summed E-state index contributed by atoms with van der Waals surface area (Å²) in [5, 5.41) is 0. The van der Waals surface area contributed by atoms with E-state index >= 15 is 0 Å². The first-order chi connectivity index (χ1) is 13.7. The molecule has 6 heteroatoms. The van der Waals surface area contributed by atoms with E-state index in [0.29, 0.717) is 25.4 Å². The van der Waals surface area contributed by atoms with Crippen LogP contribution in [-0.4, -0.2) is 43.4 Å².